The average molecular weight is 237 g/mol. The first-order valence-electron chi connectivity index (χ1n) is 6.13. The quantitative estimate of drug-likeness (QED) is 0.798. The lowest BCUT2D eigenvalue weighted by atomic mass is 10.0. The standard InChI is InChI=1S/C14H23NO2/c1-5-12(9-16)15-11(3)13-8-10(2)6-7-14(13)17-4/h6-8,11-12,15-16H,5,9H2,1-4H3/t11?,12-/m0/s1. The highest BCUT2D eigenvalue weighted by Crippen LogP contribution is 2.26. The van der Waals surface area contributed by atoms with Gasteiger partial charge in [-0.05, 0) is 26.3 Å². The number of aliphatic hydroxyl groups excluding tert-OH is 1. The summed E-state index contributed by atoms with van der Waals surface area (Å²) < 4.78 is 5.37. The summed E-state index contributed by atoms with van der Waals surface area (Å²) in [6, 6.07) is 6.46. The molecule has 0 saturated carbocycles. The molecule has 2 N–H and O–H groups in total. The van der Waals surface area contributed by atoms with Gasteiger partial charge in [0.15, 0.2) is 0 Å². The van der Waals surface area contributed by atoms with Crippen LogP contribution in [0.2, 0.25) is 0 Å². The Balaban J connectivity index is 2.86. The molecule has 3 nitrogen and oxygen atoms in total. The number of hydrogen-bond donors (Lipinski definition) is 2. The maximum atomic E-state index is 9.21. The van der Waals surface area contributed by atoms with E-state index in [0.717, 1.165) is 17.7 Å². The zero-order chi connectivity index (χ0) is 12.8. The van der Waals surface area contributed by atoms with Gasteiger partial charge >= 0.3 is 0 Å². The van der Waals surface area contributed by atoms with Crippen LogP contribution in [0.25, 0.3) is 0 Å². The van der Waals surface area contributed by atoms with Crippen LogP contribution in [0.4, 0.5) is 0 Å². The molecule has 1 aromatic carbocycles. The Morgan fingerprint density at radius 2 is 2.12 bits per heavy atom. The molecule has 0 fully saturated rings. The van der Waals surface area contributed by atoms with Crippen LogP contribution in [0.15, 0.2) is 18.2 Å². The number of ether oxygens (including phenoxy) is 1. The highest BCUT2D eigenvalue weighted by atomic mass is 16.5. The number of methoxy groups -OCH3 is 1. The molecule has 17 heavy (non-hydrogen) atoms. The maximum absolute atomic E-state index is 9.21. The van der Waals surface area contributed by atoms with Gasteiger partial charge in [-0.25, -0.2) is 0 Å². The second-order valence-electron chi connectivity index (χ2n) is 4.42. The summed E-state index contributed by atoms with van der Waals surface area (Å²) in [6.07, 6.45) is 0.912. The lowest BCUT2D eigenvalue weighted by Gasteiger charge is -2.22. The van der Waals surface area contributed by atoms with Gasteiger partial charge in [0.25, 0.3) is 0 Å². The predicted molar refractivity (Wildman–Crippen MR) is 70.4 cm³/mol. The molecule has 0 amide bonds. The third-order valence-electron chi connectivity index (χ3n) is 3.05. The third kappa shape index (κ3) is 3.72. The maximum Gasteiger partial charge on any atom is 0.123 e. The van der Waals surface area contributed by atoms with Crippen LogP contribution < -0.4 is 10.1 Å². The number of aliphatic hydroxyl groups is 1. The fourth-order valence-corrected chi connectivity index (χ4v) is 1.94. The fraction of sp³-hybridized carbons (Fsp3) is 0.571. The van der Waals surface area contributed by atoms with E-state index in [9.17, 15) is 5.11 Å². The first-order valence-corrected chi connectivity index (χ1v) is 6.13. The summed E-state index contributed by atoms with van der Waals surface area (Å²) in [6.45, 7) is 6.39. The monoisotopic (exact) mass is 237 g/mol. The van der Waals surface area contributed by atoms with Crippen LogP contribution in [0.5, 0.6) is 5.75 Å². The Morgan fingerprint density at radius 3 is 2.65 bits per heavy atom. The Labute approximate surface area is 104 Å². The van der Waals surface area contributed by atoms with Gasteiger partial charge in [-0.15, -0.1) is 0 Å². The van der Waals surface area contributed by atoms with Crippen LogP contribution in [0, 0.1) is 6.92 Å². The summed E-state index contributed by atoms with van der Waals surface area (Å²) >= 11 is 0. The number of benzene rings is 1. The van der Waals surface area contributed by atoms with Crippen LogP contribution in [-0.2, 0) is 0 Å². The van der Waals surface area contributed by atoms with Crippen molar-refractivity contribution < 1.29 is 9.84 Å². The molecule has 0 aromatic heterocycles. The number of nitrogens with one attached hydrogen (secondary N) is 1. The minimum Gasteiger partial charge on any atom is -0.496 e. The van der Waals surface area contributed by atoms with Gasteiger partial charge in [-0.1, -0.05) is 24.6 Å². The number of aryl methyl sites for hydroxylation is 1. The lowest BCUT2D eigenvalue weighted by molar-refractivity contribution is 0.229. The van der Waals surface area contributed by atoms with Crippen molar-refractivity contribution >= 4 is 0 Å². The minimum atomic E-state index is 0.134. The molecular formula is C14H23NO2. The predicted octanol–water partition coefficient (Wildman–Crippen LogP) is 2.43. The van der Waals surface area contributed by atoms with Gasteiger partial charge in [-0.3, -0.25) is 0 Å². The Hall–Kier alpha value is -1.06. The molecule has 0 heterocycles. The fourth-order valence-electron chi connectivity index (χ4n) is 1.94. The minimum absolute atomic E-state index is 0.134. The van der Waals surface area contributed by atoms with Gasteiger partial charge in [0.2, 0.25) is 0 Å². The molecule has 0 aliphatic rings. The smallest absolute Gasteiger partial charge is 0.123 e. The van der Waals surface area contributed by atoms with E-state index < -0.39 is 0 Å². The molecular weight excluding hydrogens is 214 g/mol. The van der Waals surface area contributed by atoms with Crippen LogP contribution in [-0.4, -0.2) is 24.9 Å². The number of hydrogen-bond acceptors (Lipinski definition) is 3. The topological polar surface area (TPSA) is 41.5 Å². The normalized spacial score (nSPS) is 14.4. The van der Waals surface area contributed by atoms with Gasteiger partial charge in [0.05, 0.1) is 13.7 Å². The molecule has 3 heteroatoms. The van der Waals surface area contributed by atoms with E-state index in [1.54, 1.807) is 7.11 Å². The molecule has 0 aliphatic carbocycles. The van der Waals surface area contributed by atoms with Crippen molar-refractivity contribution in [2.24, 2.45) is 0 Å². The Kier molecular flexibility index (Phi) is 5.45. The van der Waals surface area contributed by atoms with Gasteiger partial charge in [0.1, 0.15) is 5.75 Å². The van der Waals surface area contributed by atoms with Crippen molar-refractivity contribution in [1.29, 1.82) is 0 Å². The Morgan fingerprint density at radius 1 is 1.41 bits per heavy atom. The van der Waals surface area contributed by atoms with Crippen molar-refractivity contribution in [3.8, 4) is 5.75 Å². The Bertz CT molecular complexity index is 348. The van der Waals surface area contributed by atoms with Crippen molar-refractivity contribution in [1.82, 2.24) is 5.32 Å². The molecule has 0 bridgehead atoms. The molecule has 1 rings (SSSR count). The van der Waals surface area contributed by atoms with E-state index in [1.165, 1.54) is 5.56 Å². The van der Waals surface area contributed by atoms with E-state index in [2.05, 4.69) is 32.2 Å². The van der Waals surface area contributed by atoms with E-state index in [4.69, 9.17) is 4.74 Å². The average Bonchev–Trinajstić information content (AvgIpc) is 2.35. The summed E-state index contributed by atoms with van der Waals surface area (Å²) in [5.41, 5.74) is 2.35. The van der Waals surface area contributed by atoms with Gasteiger partial charge in [0, 0.05) is 17.6 Å². The first kappa shape index (κ1) is 14.0. The SMILES string of the molecule is CC[C@@H](CO)NC(C)c1cc(C)ccc1OC. The van der Waals surface area contributed by atoms with E-state index >= 15 is 0 Å². The molecule has 96 valence electrons. The van der Waals surface area contributed by atoms with Crippen LogP contribution in [0.3, 0.4) is 0 Å². The van der Waals surface area contributed by atoms with Crippen molar-refractivity contribution in [3.63, 3.8) is 0 Å². The third-order valence-corrected chi connectivity index (χ3v) is 3.05. The summed E-state index contributed by atoms with van der Waals surface area (Å²) in [7, 11) is 1.68. The van der Waals surface area contributed by atoms with Gasteiger partial charge < -0.3 is 15.2 Å². The zero-order valence-electron chi connectivity index (χ0n) is 11.2. The molecule has 0 spiro atoms. The largest absolute Gasteiger partial charge is 0.496 e. The molecule has 1 unspecified atom stereocenters. The second kappa shape index (κ2) is 6.62. The molecule has 0 aliphatic heterocycles. The highest BCUT2D eigenvalue weighted by molar-refractivity contribution is 5.38. The van der Waals surface area contributed by atoms with Crippen LogP contribution in [0.1, 0.15) is 37.4 Å². The summed E-state index contributed by atoms with van der Waals surface area (Å²) in [5, 5.41) is 12.6. The second-order valence-corrected chi connectivity index (χ2v) is 4.42. The molecule has 2 atom stereocenters. The molecule has 1 aromatic rings. The molecule has 0 radical (unpaired) electrons. The number of rotatable bonds is 6. The first-order chi connectivity index (χ1) is 8.12. The van der Waals surface area contributed by atoms with Crippen molar-refractivity contribution in [2.45, 2.75) is 39.3 Å². The van der Waals surface area contributed by atoms with Crippen LogP contribution >= 0.6 is 0 Å². The van der Waals surface area contributed by atoms with E-state index in [-0.39, 0.29) is 18.7 Å². The van der Waals surface area contributed by atoms with E-state index in [0.29, 0.717) is 0 Å². The summed E-state index contributed by atoms with van der Waals surface area (Å²) in [5.74, 6) is 0.892. The summed E-state index contributed by atoms with van der Waals surface area (Å²) in [4.78, 5) is 0. The van der Waals surface area contributed by atoms with E-state index in [1.807, 2.05) is 12.1 Å². The van der Waals surface area contributed by atoms with Crippen molar-refractivity contribution in [3.05, 3.63) is 29.3 Å². The zero-order valence-corrected chi connectivity index (χ0v) is 11.2. The highest BCUT2D eigenvalue weighted by Gasteiger charge is 2.14. The molecule has 0 saturated heterocycles. The van der Waals surface area contributed by atoms with Gasteiger partial charge in [-0.2, -0.15) is 0 Å². The lowest BCUT2D eigenvalue weighted by Crippen LogP contribution is -2.34. The van der Waals surface area contributed by atoms with Crippen molar-refractivity contribution in [2.75, 3.05) is 13.7 Å².